The predicted octanol–water partition coefficient (Wildman–Crippen LogP) is 4.56. The van der Waals surface area contributed by atoms with Gasteiger partial charge in [0, 0.05) is 24.1 Å². The second-order valence-corrected chi connectivity index (χ2v) is 5.90. The third-order valence-electron chi connectivity index (χ3n) is 3.21. The van der Waals surface area contributed by atoms with Crippen molar-refractivity contribution in [2.75, 3.05) is 13.1 Å². The summed E-state index contributed by atoms with van der Waals surface area (Å²) in [6.45, 7) is 6.58. The summed E-state index contributed by atoms with van der Waals surface area (Å²) in [5, 5.41) is 3.01. The molecule has 1 N–H and O–H groups in total. The van der Waals surface area contributed by atoms with E-state index in [1.54, 1.807) is 0 Å². The van der Waals surface area contributed by atoms with Crippen molar-refractivity contribution in [1.82, 2.24) is 10.2 Å². The fraction of sp³-hybridized carbons (Fsp3) is 0.562. The summed E-state index contributed by atoms with van der Waals surface area (Å²) in [6.07, 6.45) is 4.36. The first-order valence-corrected chi connectivity index (χ1v) is 8.23. The fourth-order valence-electron chi connectivity index (χ4n) is 1.90. The molecule has 0 atom stereocenters. The van der Waals surface area contributed by atoms with Crippen LogP contribution in [-0.2, 0) is 6.54 Å². The summed E-state index contributed by atoms with van der Waals surface area (Å²) in [6, 6.07) is 8.08. The van der Waals surface area contributed by atoms with Crippen LogP contribution in [0.25, 0.3) is 0 Å². The lowest BCUT2D eigenvalue weighted by molar-refractivity contribution is 0.195. The number of halogens is 1. The summed E-state index contributed by atoms with van der Waals surface area (Å²) in [7, 11) is 0. The summed E-state index contributed by atoms with van der Waals surface area (Å²) in [5.74, 6) is 0. The molecule has 0 aliphatic rings. The molecule has 20 heavy (non-hydrogen) atoms. The van der Waals surface area contributed by atoms with Crippen LogP contribution in [-0.4, -0.2) is 24.0 Å². The quantitative estimate of drug-likeness (QED) is 0.739. The average molecular weight is 341 g/mol. The van der Waals surface area contributed by atoms with E-state index in [1.165, 1.54) is 0 Å². The number of amides is 2. The van der Waals surface area contributed by atoms with Crippen molar-refractivity contribution < 1.29 is 4.79 Å². The summed E-state index contributed by atoms with van der Waals surface area (Å²) >= 11 is 3.41. The maximum Gasteiger partial charge on any atom is 0.317 e. The molecule has 0 aromatic heterocycles. The Morgan fingerprint density at radius 1 is 1.10 bits per heavy atom. The Morgan fingerprint density at radius 3 is 2.15 bits per heavy atom. The molecule has 4 heteroatoms. The van der Waals surface area contributed by atoms with Crippen molar-refractivity contribution in [2.24, 2.45) is 0 Å². The Morgan fingerprint density at radius 2 is 1.65 bits per heavy atom. The SMILES string of the molecule is CCCCN(CCCC)C(=O)NCc1ccc(Br)cc1. The Balaban J connectivity index is 2.45. The largest absolute Gasteiger partial charge is 0.334 e. The van der Waals surface area contributed by atoms with E-state index in [4.69, 9.17) is 0 Å². The summed E-state index contributed by atoms with van der Waals surface area (Å²) in [5.41, 5.74) is 1.12. The number of urea groups is 1. The van der Waals surface area contributed by atoms with E-state index >= 15 is 0 Å². The molecule has 112 valence electrons. The van der Waals surface area contributed by atoms with Crippen molar-refractivity contribution in [3.63, 3.8) is 0 Å². The zero-order valence-corrected chi connectivity index (χ0v) is 14.1. The van der Waals surface area contributed by atoms with Gasteiger partial charge in [-0.3, -0.25) is 0 Å². The van der Waals surface area contributed by atoms with Gasteiger partial charge in [-0.05, 0) is 30.5 Å². The van der Waals surface area contributed by atoms with Crippen LogP contribution < -0.4 is 5.32 Å². The Hall–Kier alpha value is -1.03. The fourth-order valence-corrected chi connectivity index (χ4v) is 2.17. The highest BCUT2D eigenvalue weighted by Gasteiger charge is 2.11. The number of benzene rings is 1. The number of carbonyl (C=O) groups excluding carboxylic acids is 1. The van der Waals surface area contributed by atoms with E-state index in [0.29, 0.717) is 6.54 Å². The number of carbonyl (C=O) groups is 1. The molecule has 3 nitrogen and oxygen atoms in total. The summed E-state index contributed by atoms with van der Waals surface area (Å²) < 4.78 is 1.06. The minimum Gasteiger partial charge on any atom is -0.334 e. The molecule has 0 fully saturated rings. The number of unbranched alkanes of at least 4 members (excludes halogenated alkanes) is 2. The molecule has 0 aliphatic heterocycles. The predicted molar refractivity (Wildman–Crippen MR) is 87.8 cm³/mol. The van der Waals surface area contributed by atoms with Crippen LogP contribution in [0.3, 0.4) is 0 Å². The van der Waals surface area contributed by atoms with E-state index in [2.05, 4.69) is 35.1 Å². The van der Waals surface area contributed by atoms with Gasteiger partial charge in [0.05, 0.1) is 0 Å². The molecule has 0 saturated heterocycles. The highest BCUT2D eigenvalue weighted by atomic mass is 79.9. The Bertz CT molecular complexity index is 384. The molecule has 0 unspecified atom stereocenters. The zero-order chi connectivity index (χ0) is 14.8. The molecular weight excluding hydrogens is 316 g/mol. The van der Waals surface area contributed by atoms with Crippen molar-refractivity contribution in [2.45, 2.75) is 46.1 Å². The first-order valence-electron chi connectivity index (χ1n) is 7.44. The van der Waals surface area contributed by atoms with Gasteiger partial charge < -0.3 is 10.2 Å². The lowest BCUT2D eigenvalue weighted by atomic mass is 10.2. The molecule has 0 spiro atoms. The molecule has 0 radical (unpaired) electrons. The molecule has 0 saturated carbocycles. The van der Waals surface area contributed by atoms with Gasteiger partial charge in [0.2, 0.25) is 0 Å². The summed E-state index contributed by atoms with van der Waals surface area (Å²) in [4.78, 5) is 14.1. The Labute approximate surface area is 130 Å². The average Bonchev–Trinajstić information content (AvgIpc) is 2.46. The van der Waals surface area contributed by atoms with Crippen LogP contribution in [0.5, 0.6) is 0 Å². The number of hydrogen-bond donors (Lipinski definition) is 1. The monoisotopic (exact) mass is 340 g/mol. The van der Waals surface area contributed by atoms with Gasteiger partial charge in [-0.1, -0.05) is 54.8 Å². The van der Waals surface area contributed by atoms with Gasteiger partial charge in [-0.15, -0.1) is 0 Å². The van der Waals surface area contributed by atoms with E-state index in [9.17, 15) is 4.79 Å². The third-order valence-corrected chi connectivity index (χ3v) is 3.74. The van der Waals surface area contributed by atoms with Gasteiger partial charge in [0.15, 0.2) is 0 Å². The van der Waals surface area contributed by atoms with Crippen LogP contribution >= 0.6 is 15.9 Å². The second-order valence-electron chi connectivity index (χ2n) is 4.98. The van der Waals surface area contributed by atoms with Gasteiger partial charge in [-0.2, -0.15) is 0 Å². The Kier molecular flexibility index (Phi) is 8.35. The maximum absolute atomic E-state index is 12.2. The minimum atomic E-state index is 0.0508. The molecule has 2 amide bonds. The van der Waals surface area contributed by atoms with Crippen LogP contribution in [0.15, 0.2) is 28.7 Å². The van der Waals surface area contributed by atoms with Crippen LogP contribution in [0, 0.1) is 0 Å². The van der Waals surface area contributed by atoms with Gasteiger partial charge in [0.1, 0.15) is 0 Å². The lowest BCUT2D eigenvalue weighted by Gasteiger charge is -2.22. The van der Waals surface area contributed by atoms with Crippen molar-refractivity contribution in [1.29, 1.82) is 0 Å². The van der Waals surface area contributed by atoms with Crippen molar-refractivity contribution in [3.05, 3.63) is 34.3 Å². The number of nitrogens with one attached hydrogen (secondary N) is 1. The molecule has 0 aliphatic carbocycles. The van der Waals surface area contributed by atoms with Gasteiger partial charge in [-0.25, -0.2) is 4.79 Å². The maximum atomic E-state index is 12.2. The molecule has 0 heterocycles. The second kappa shape index (κ2) is 9.81. The molecule has 1 aromatic rings. The van der Waals surface area contributed by atoms with Crippen LogP contribution in [0.4, 0.5) is 4.79 Å². The highest BCUT2D eigenvalue weighted by Crippen LogP contribution is 2.10. The van der Waals surface area contributed by atoms with Crippen molar-refractivity contribution >= 4 is 22.0 Å². The van der Waals surface area contributed by atoms with Gasteiger partial charge >= 0.3 is 6.03 Å². The number of nitrogens with zero attached hydrogens (tertiary/aromatic N) is 1. The molecule has 1 rings (SSSR count). The van der Waals surface area contributed by atoms with Crippen LogP contribution in [0.2, 0.25) is 0 Å². The first kappa shape index (κ1) is 17.0. The third kappa shape index (κ3) is 6.42. The lowest BCUT2D eigenvalue weighted by Crippen LogP contribution is -2.40. The molecule has 1 aromatic carbocycles. The smallest absolute Gasteiger partial charge is 0.317 e. The number of hydrogen-bond acceptors (Lipinski definition) is 1. The normalized spacial score (nSPS) is 10.3. The highest BCUT2D eigenvalue weighted by molar-refractivity contribution is 9.10. The van der Waals surface area contributed by atoms with E-state index < -0.39 is 0 Å². The zero-order valence-electron chi connectivity index (χ0n) is 12.5. The molecule has 0 bridgehead atoms. The number of rotatable bonds is 8. The van der Waals surface area contributed by atoms with E-state index in [-0.39, 0.29) is 6.03 Å². The first-order chi connectivity index (χ1) is 9.67. The molecular formula is C16H25BrN2O. The topological polar surface area (TPSA) is 32.3 Å². The van der Waals surface area contributed by atoms with Crippen molar-refractivity contribution in [3.8, 4) is 0 Å². The minimum absolute atomic E-state index is 0.0508. The van der Waals surface area contributed by atoms with Gasteiger partial charge in [0.25, 0.3) is 0 Å². The van der Waals surface area contributed by atoms with Crippen LogP contribution in [0.1, 0.15) is 45.1 Å². The standard InChI is InChI=1S/C16H25BrN2O/c1-3-5-11-19(12-6-4-2)16(20)18-13-14-7-9-15(17)10-8-14/h7-10H,3-6,11-13H2,1-2H3,(H,18,20). The van der Waals surface area contributed by atoms with E-state index in [0.717, 1.165) is 48.8 Å². The van der Waals surface area contributed by atoms with E-state index in [1.807, 2.05) is 29.2 Å².